The zero-order chi connectivity index (χ0) is 15.0. The smallest absolute Gasteiger partial charge is 0.255 e. The molecule has 1 aromatic rings. The summed E-state index contributed by atoms with van der Waals surface area (Å²) in [6, 6.07) is 5.87. The normalized spacial score (nSPS) is 29.1. The lowest BCUT2D eigenvalue weighted by atomic mass is 9.72. The molecule has 1 aromatic carbocycles. The topological polar surface area (TPSA) is 20.3 Å². The molecule has 1 saturated carbocycles. The van der Waals surface area contributed by atoms with Crippen molar-refractivity contribution in [3.8, 4) is 0 Å². The number of fused-ring (bicyclic) bond motifs is 1. The maximum absolute atomic E-state index is 12.9. The molecule has 1 heterocycles. The van der Waals surface area contributed by atoms with Gasteiger partial charge in [-0.2, -0.15) is 0 Å². The second-order valence-electron chi connectivity index (χ2n) is 6.40. The first-order chi connectivity index (χ1) is 10.1. The van der Waals surface area contributed by atoms with Gasteiger partial charge in [-0.3, -0.25) is 4.79 Å². The summed E-state index contributed by atoms with van der Waals surface area (Å²) >= 11 is 9.46. The summed E-state index contributed by atoms with van der Waals surface area (Å²) < 4.78 is 0.797. The van der Waals surface area contributed by atoms with Gasteiger partial charge in [0.2, 0.25) is 0 Å². The molecule has 0 N–H and O–H groups in total. The van der Waals surface area contributed by atoms with E-state index in [0.29, 0.717) is 17.0 Å². The van der Waals surface area contributed by atoms with Gasteiger partial charge in [0.15, 0.2) is 0 Å². The van der Waals surface area contributed by atoms with Crippen molar-refractivity contribution in [1.82, 2.24) is 4.90 Å². The molecular weight excluding hydrogens is 350 g/mol. The summed E-state index contributed by atoms with van der Waals surface area (Å²) in [4.78, 5) is 15.1. The minimum atomic E-state index is 0.155. The summed E-state index contributed by atoms with van der Waals surface area (Å²) in [7, 11) is 0. The van der Waals surface area contributed by atoms with Crippen LogP contribution in [0.3, 0.4) is 0 Å². The number of benzene rings is 1. The molecular formula is C17H21BrClNO. The molecule has 114 valence electrons. The highest BCUT2D eigenvalue weighted by molar-refractivity contribution is 9.10. The lowest BCUT2D eigenvalue weighted by Gasteiger charge is -2.47. The molecule has 1 aliphatic carbocycles. The Morgan fingerprint density at radius 1 is 1.29 bits per heavy atom. The number of halogens is 2. The molecule has 4 heteroatoms. The predicted octanol–water partition coefficient (Wildman–Crippen LogP) is 5.14. The van der Waals surface area contributed by atoms with Gasteiger partial charge in [-0.15, -0.1) is 0 Å². The van der Waals surface area contributed by atoms with Crippen LogP contribution in [0.1, 0.15) is 49.4 Å². The Morgan fingerprint density at radius 3 is 2.81 bits per heavy atom. The first-order valence-corrected chi connectivity index (χ1v) is 9.01. The third kappa shape index (κ3) is 3.00. The van der Waals surface area contributed by atoms with E-state index in [1.807, 2.05) is 6.07 Å². The van der Waals surface area contributed by atoms with Crippen molar-refractivity contribution in [2.75, 3.05) is 6.54 Å². The monoisotopic (exact) mass is 369 g/mol. The van der Waals surface area contributed by atoms with E-state index in [4.69, 9.17) is 11.6 Å². The Bertz CT molecular complexity index is 548. The average Bonchev–Trinajstić information content (AvgIpc) is 2.47. The van der Waals surface area contributed by atoms with Gasteiger partial charge >= 0.3 is 0 Å². The highest BCUT2D eigenvalue weighted by atomic mass is 79.9. The Kier molecular flexibility index (Phi) is 4.60. The number of nitrogens with zero attached hydrogens (tertiary/aromatic N) is 1. The number of carbonyl (C=O) groups excluding carboxylic acids is 1. The molecule has 0 radical (unpaired) electrons. The van der Waals surface area contributed by atoms with Crippen LogP contribution < -0.4 is 0 Å². The molecule has 1 aliphatic heterocycles. The van der Waals surface area contributed by atoms with Gasteiger partial charge in [0, 0.05) is 22.1 Å². The number of amides is 1. The van der Waals surface area contributed by atoms with Crippen LogP contribution in [0, 0.1) is 11.8 Å². The van der Waals surface area contributed by atoms with Crippen LogP contribution in [0.25, 0.3) is 0 Å². The molecule has 21 heavy (non-hydrogen) atoms. The van der Waals surface area contributed by atoms with Crippen LogP contribution in [0.2, 0.25) is 5.02 Å². The quantitative estimate of drug-likeness (QED) is 0.670. The first-order valence-electron chi connectivity index (χ1n) is 7.84. The van der Waals surface area contributed by atoms with Gasteiger partial charge in [-0.1, -0.05) is 31.4 Å². The van der Waals surface area contributed by atoms with E-state index in [9.17, 15) is 4.79 Å². The van der Waals surface area contributed by atoms with E-state index in [1.165, 1.54) is 19.3 Å². The zero-order valence-electron chi connectivity index (χ0n) is 12.3. The standard InChI is InChI=1S/C17H21BrClNO/c1-11-8-9-20(16-5-3-2-4-13(11)16)17(21)14-7-6-12(19)10-15(14)18/h6-7,10-11,13,16H,2-5,8-9H2,1H3. The molecule has 3 unspecified atom stereocenters. The van der Waals surface area contributed by atoms with Crippen LogP contribution in [0.4, 0.5) is 0 Å². The van der Waals surface area contributed by atoms with Crippen molar-refractivity contribution in [2.45, 2.75) is 45.1 Å². The summed E-state index contributed by atoms with van der Waals surface area (Å²) in [5.41, 5.74) is 0.735. The van der Waals surface area contributed by atoms with Crippen molar-refractivity contribution in [3.05, 3.63) is 33.3 Å². The summed E-state index contributed by atoms with van der Waals surface area (Å²) in [6.07, 6.45) is 6.12. The van der Waals surface area contributed by atoms with Gasteiger partial charge in [0.05, 0.1) is 5.56 Å². The van der Waals surface area contributed by atoms with E-state index in [2.05, 4.69) is 27.8 Å². The number of hydrogen-bond acceptors (Lipinski definition) is 1. The highest BCUT2D eigenvalue weighted by Gasteiger charge is 2.39. The van der Waals surface area contributed by atoms with Crippen molar-refractivity contribution >= 4 is 33.4 Å². The second-order valence-corrected chi connectivity index (χ2v) is 7.70. The number of piperidine rings is 1. The van der Waals surface area contributed by atoms with Gasteiger partial charge < -0.3 is 4.90 Å². The van der Waals surface area contributed by atoms with Crippen molar-refractivity contribution in [2.24, 2.45) is 11.8 Å². The molecule has 2 nitrogen and oxygen atoms in total. The highest BCUT2D eigenvalue weighted by Crippen LogP contribution is 2.39. The summed E-state index contributed by atoms with van der Waals surface area (Å²) in [5, 5.41) is 0.654. The third-order valence-corrected chi connectivity index (χ3v) is 6.05. The average molecular weight is 371 g/mol. The summed E-state index contributed by atoms with van der Waals surface area (Å²) in [5.74, 6) is 1.58. The van der Waals surface area contributed by atoms with E-state index in [-0.39, 0.29) is 5.91 Å². The number of rotatable bonds is 1. The lowest BCUT2D eigenvalue weighted by molar-refractivity contribution is 0.0217. The number of likely N-dealkylation sites (tertiary alicyclic amines) is 1. The van der Waals surface area contributed by atoms with Gasteiger partial charge in [0.25, 0.3) is 5.91 Å². The van der Waals surface area contributed by atoms with E-state index < -0.39 is 0 Å². The molecule has 3 atom stereocenters. The minimum Gasteiger partial charge on any atom is -0.335 e. The molecule has 2 aliphatic rings. The molecule has 0 bridgehead atoms. The minimum absolute atomic E-state index is 0.155. The maximum Gasteiger partial charge on any atom is 0.255 e. The Labute approximate surface area is 140 Å². The van der Waals surface area contributed by atoms with Crippen LogP contribution >= 0.6 is 27.5 Å². The van der Waals surface area contributed by atoms with Crippen molar-refractivity contribution in [1.29, 1.82) is 0 Å². The zero-order valence-corrected chi connectivity index (χ0v) is 14.7. The maximum atomic E-state index is 12.9. The SMILES string of the molecule is CC1CCN(C(=O)c2ccc(Cl)cc2Br)C2CCCCC12. The largest absolute Gasteiger partial charge is 0.335 e. The van der Waals surface area contributed by atoms with Crippen LogP contribution in [0.5, 0.6) is 0 Å². The molecule has 1 amide bonds. The Hall–Kier alpha value is -0.540. The molecule has 1 saturated heterocycles. The second kappa shape index (κ2) is 6.29. The Balaban J connectivity index is 1.86. The van der Waals surface area contributed by atoms with Crippen molar-refractivity contribution in [3.63, 3.8) is 0 Å². The fourth-order valence-electron chi connectivity index (χ4n) is 3.98. The molecule has 3 rings (SSSR count). The Morgan fingerprint density at radius 2 is 2.05 bits per heavy atom. The van der Waals surface area contributed by atoms with E-state index >= 15 is 0 Å². The first kappa shape index (κ1) is 15.4. The number of carbonyl (C=O) groups is 1. The van der Waals surface area contributed by atoms with Crippen molar-refractivity contribution < 1.29 is 4.79 Å². The fraction of sp³-hybridized carbons (Fsp3) is 0.588. The van der Waals surface area contributed by atoms with Crippen LogP contribution in [-0.2, 0) is 0 Å². The lowest BCUT2D eigenvalue weighted by Crippen LogP contribution is -2.52. The van der Waals surface area contributed by atoms with Crippen LogP contribution in [-0.4, -0.2) is 23.4 Å². The van der Waals surface area contributed by atoms with E-state index in [1.54, 1.807) is 12.1 Å². The predicted molar refractivity (Wildman–Crippen MR) is 89.7 cm³/mol. The molecule has 0 spiro atoms. The van der Waals surface area contributed by atoms with E-state index in [0.717, 1.165) is 35.3 Å². The number of hydrogen-bond donors (Lipinski definition) is 0. The summed E-state index contributed by atoms with van der Waals surface area (Å²) in [6.45, 7) is 3.24. The van der Waals surface area contributed by atoms with Crippen LogP contribution in [0.15, 0.2) is 22.7 Å². The van der Waals surface area contributed by atoms with Gasteiger partial charge in [-0.05, 0) is 65.2 Å². The van der Waals surface area contributed by atoms with Gasteiger partial charge in [0.1, 0.15) is 0 Å². The fourth-order valence-corrected chi connectivity index (χ4v) is 4.84. The third-order valence-electron chi connectivity index (χ3n) is 5.16. The molecule has 2 fully saturated rings. The molecule has 0 aromatic heterocycles. The van der Waals surface area contributed by atoms with Gasteiger partial charge in [-0.25, -0.2) is 0 Å².